The van der Waals surface area contributed by atoms with Gasteiger partial charge in [0.1, 0.15) is 11.4 Å². The molecule has 3 aromatic carbocycles. The van der Waals surface area contributed by atoms with Crippen molar-refractivity contribution in [3.05, 3.63) is 84.1 Å². The molecule has 3 aromatic rings. The fraction of sp³-hybridized carbons (Fsp3) is 0.185. The van der Waals surface area contributed by atoms with Gasteiger partial charge in [-0.3, -0.25) is 9.59 Å². The first-order chi connectivity index (χ1) is 16.5. The standard InChI is InChI=1S/C27H26N2O5/c1-5-28(19-9-7-6-8-10-19)25-24(18-11-16-22(33-3)23(17-18)34-4)26(30)29(27(25)31)20-12-14-21(32-2)15-13-20/h6-17H,5H2,1-4H3. The first-order valence-corrected chi connectivity index (χ1v) is 10.9. The monoisotopic (exact) mass is 458 g/mol. The molecule has 0 bridgehead atoms. The molecule has 34 heavy (non-hydrogen) atoms. The number of ether oxygens (including phenoxy) is 3. The minimum Gasteiger partial charge on any atom is -0.497 e. The van der Waals surface area contributed by atoms with Gasteiger partial charge in [0.2, 0.25) is 0 Å². The van der Waals surface area contributed by atoms with E-state index >= 15 is 0 Å². The van der Waals surface area contributed by atoms with E-state index < -0.39 is 11.8 Å². The Hall–Kier alpha value is -4.26. The highest BCUT2D eigenvalue weighted by Gasteiger charge is 2.42. The lowest BCUT2D eigenvalue weighted by Gasteiger charge is -2.25. The summed E-state index contributed by atoms with van der Waals surface area (Å²) < 4.78 is 16.0. The summed E-state index contributed by atoms with van der Waals surface area (Å²) >= 11 is 0. The van der Waals surface area contributed by atoms with Gasteiger partial charge in [-0.25, -0.2) is 4.90 Å². The fourth-order valence-corrected chi connectivity index (χ4v) is 4.06. The highest BCUT2D eigenvalue weighted by molar-refractivity contribution is 6.46. The molecule has 0 atom stereocenters. The Kier molecular flexibility index (Phi) is 6.54. The second-order valence-corrected chi connectivity index (χ2v) is 7.52. The zero-order chi connectivity index (χ0) is 24.2. The predicted molar refractivity (Wildman–Crippen MR) is 131 cm³/mol. The molecular formula is C27H26N2O5. The molecule has 2 amide bonds. The Morgan fingerprint density at radius 1 is 0.765 bits per heavy atom. The van der Waals surface area contributed by atoms with Crippen LogP contribution in [0.25, 0.3) is 5.57 Å². The lowest BCUT2D eigenvalue weighted by molar-refractivity contribution is -0.120. The van der Waals surface area contributed by atoms with Crippen LogP contribution in [-0.2, 0) is 9.59 Å². The van der Waals surface area contributed by atoms with Crippen LogP contribution in [0.3, 0.4) is 0 Å². The van der Waals surface area contributed by atoms with E-state index in [9.17, 15) is 9.59 Å². The number of nitrogens with zero attached hydrogens (tertiary/aromatic N) is 2. The summed E-state index contributed by atoms with van der Waals surface area (Å²) in [5.74, 6) is 0.832. The third-order valence-corrected chi connectivity index (χ3v) is 5.72. The number of carbonyl (C=O) groups excluding carboxylic acids is 2. The maximum absolute atomic E-state index is 13.8. The maximum Gasteiger partial charge on any atom is 0.282 e. The van der Waals surface area contributed by atoms with Crippen LogP contribution in [0.5, 0.6) is 17.2 Å². The Morgan fingerprint density at radius 2 is 1.44 bits per heavy atom. The average Bonchev–Trinajstić information content (AvgIpc) is 3.14. The summed E-state index contributed by atoms with van der Waals surface area (Å²) in [6, 6.07) is 21.6. The molecule has 0 radical (unpaired) electrons. The van der Waals surface area contributed by atoms with Crippen molar-refractivity contribution in [2.75, 3.05) is 37.7 Å². The zero-order valence-corrected chi connectivity index (χ0v) is 19.6. The van der Waals surface area contributed by atoms with E-state index in [4.69, 9.17) is 14.2 Å². The van der Waals surface area contributed by atoms with E-state index in [1.165, 1.54) is 12.0 Å². The highest BCUT2D eigenvalue weighted by Crippen LogP contribution is 2.39. The summed E-state index contributed by atoms with van der Waals surface area (Å²) in [6.45, 7) is 2.44. The van der Waals surface area contributed by atoms with Crippen LogP contribution in [-0.4, -0.2) is 39.7 Å². The lowest BCUT2D eigenvalue weighted by Crippen LogP contribution is -2.35. The van der Waals surface area contributed by atoms with Crippen molar-refractivity contribution in [1.82, 2.24) is 0 Å². The van der Waals surface area contributed by atoms with Crippen molar-refractivity contribution < 1.29 is 23.8 Å². The first-order valence-electron chi connectivity index (χ1n) is 10.9. The third kappa shape index (κ3) is 3.96. The molecule has 7 nitrogen and oxygen atoms in total. The van der Waals surface area contributed by atoms with Gasteiger partial charge in [-0.05, 0) is 61.0 Å². The Morgan fingerprint density at radius 3 is 2.03 bits per heavy atom. The number of anilines is 2. The van der Waals surface area contributed by atoms with Crippen molar-refractivity contribution in [2.45, 2.75) is 6.92 Å². The molecule has 0 fully saturated rings. The van der Waals surface area contributed by atoms with E-state index in [0.717, 1.165) is 5.69 Å². The molecule has 1 aliphatic heterocycles. The molecule has 0 saturated carbocycles. The van der Waals surface area contributed by atoms with Gasteiger partial charge < -0.3 is 19.1 Å². The second kappa shape index (κ2) is 9.70. The fourth-order valence-electron chi connectivity index (χ4n) is 4.06. The van der Waals surface area contributed by atoms with Crippen LogP contribution in [0.1, 0.15) is 12.5 Å². The molecule has 7 heteroatoms. The summed E-state index contributed by atoms with van der Waals surface area (Å²) in [6.07, 6.45) is 0. The normalized spacial score (nSPS) is 13.4. The van der Waals surface area contributed by atoms with Gasteiger partial charge in [0.25, 0.3) is 11.8 Å². The number of hydrogen-bond donors (Lipinski definition) is 0. The largest absolute Gasteiger partial charge is 0.497 e. The van der Waals surface area contributed by atoms with Gasteiger partial charge in [-0.15, -0.1) is 0 Å². The molecule has 0 spiro atoms. The van der Waals surface area contributed by atoms with Crippen LogP contribution >= 0.6 is 0 Å². The number of para-hydroxylation sites is 1. The first kappa shape index (κ1) is 22.9. The molecule has 1 aliphatic rings. The predicted octanol–water partition coefficient (Wildman–Crippen LogP) is 4.52. The van der Waals surface area contributed by atoms with Gasteiger partial charge in [-0.2, -0.15) is 0 Å². The van der Waals surface area contributed by atoms with Crippen LogP contribution in [0.2, 0.25) is 0 Å². The van der Waals surface area contributed by atoms with E-state index in [1.54, 1.807) is 56.7 Å². The van der Waals surface area contributed by atoms with Gasteiger partial charge in [-0.1, -0.05) is 24.3 Å². The number of amides is 2. The van der Waals surface area contributed by atoms with Gasteiger partial charge >= 0.3 is 0 Å². The van der Waals surface area contributed by atoms with Crippen LogP contribution in [0.4, 0.5) is 11.4 Å². The number of methoxy groups -OCH3 is 3. The summed E-state index contributed by atoms with van der Waals surface area (Å²) in [5, 5.41) is 0. The van der Waals surface area contributed by atoms with Crippen molar-refractivity contribution in [1.29, 1.82) is 0 Å². The van der Waals surface area contributed by atoms with Crippen molar-refractivity contribution in [3.8, 4) is 17.2 Å². The SMILES string of the molecule is CCN(C1=C(c2ccc(OC)c(OC)c2)C(=O)N(c2ccc(OC)cc2)C1=O)c1ccccc1. The van der Waals surface area contributed by atoms with Crippen molar-refractivity contribution in [3.63, 3.8) is 0 Å². The lowest BCUT2D eigenvalue weighted by atomic mass is 10.0. The molecule has 0 aliphatic carbocycles. The summed E-state index contributed by atoms with van der Waals surface area (Å²) in [4.78, 5) is 30.7. The van der Waals surface area contributed by atoms with Gasteiger partial charge in [0.05, 0.1) is 32.6 Å². The van der Waals surface area contributed by atoms with E-state index in [0.29, 0.717) is 46.3 Å². The minimum atomic E-state index is -0.410. The smallest absolute Gasteiger partial charge is 0.282 e. The van der Waals surface area contributed by atoms with Gasteiger partial charge in [0, 0.05) is 12.2 Å². The van der Waals surface area contributed by atoms with Crippen LogP contribution in [0, 0.1) is 0 Å². The van der Waals surface area contributed by atoms with Crippen LogP contribution < -0.4 is 24.0 Å². The van der Waals surface area contributed by atoms with Crippen molar-refractivity contribution in [2.24, 2.45) is 0 Å². The maximum atomic E-state index is 13.8. The van der Waals surface area contributed by atoms with Crippen molar-refractivity contribution >= 4 is 28.8 Å². The molecule has 0 saturated heterocycles. The van der Waals surface area contributed by atoms with E-state index in [1.807, 2.05) is 42.2 Å². The quantitative estimate of drug-likeness (QED) is 0.462. The topological polar surface area (TPSA) is 68.3 Å². The molecule has 4 rings (SSSR count). The Labute approximate surface area is 198 Å². The molecule has 0 aromatic heterocycles. The molecule has 0 unspecified atom stereocenters. The number of imide groups is 1. The Bertz CT molecular complexity index is 1240. The Balaban J connectivity index is 1.90. The molecule has 174 valence electrons. The molecule has 0 N–H and O–H groups in total. The highest BCUT2D eigenvalue weighted by atomic mass is 16.5. The number of carbonyl (C=O) groups is 2. The average molecular weight is 459 g/mol. The zero-order valence-electron chi connectivity index (χ0n) is 19.6. The second-order valence-electron chi connectivity index (χ2n) is 7.52. The molecule has 1 heterocycles. The minimum absolute atomic E-state index is 0.299. The van der Waals surface area contributed by atoms with Gasteiger partial charge in [0.15, 0.2) is 11.5 Å². The molecular weight excluding hydrogens is 432 g/mol. The third-order valence-electron chi connectivity index (χ3n) is 5.72. The number of hydrogen-bond acceptors (Lipinski definition) is 6. The number of benzene rings is 3. The van der Waals surface area contributed by atoms with E-state index in [2.05, 4.69) is 0 Å². The number of likely N-dealkylation sites (N-methyl/N-ethyl adjacent to an activating group) is 1. The number of rotatable bonds is 8. The van der Waals surface area contributed by atoms with Crippen LogP contribution in [0.15, 0.2) is 78.5 Å². The van der Waals surface area contributed by atoms with E-state index in [-0.39, 0.29) is 0 Å². The summed E-state index contributed by atoms with van der Waals surface area (Å²) in [5.41, 5.74) is 2.45. The summed E-state index contributed by atoms with van der Waals surface area (Å²) in [7, 11) is 4.64.